The van der Waals surface area contributed by atoms with Crippen molar-refractivity contribution in [3.05, 3.63) is 31.0 Å². The molecule has 4 rings (SSSR count). The maximum absolute atomic E-state index is 12.1. The molecule has 3 aromatic rings. The maximum atomic E-state index is 12.1. The molecule has 1 saturated heterocycles. The van der Waals surface area contributed by atoms with Crippen LogP contribution in [0, 0.1) is 5.92 Å². The van der Waals surface area contributed by atoms with Gasteiger partial charge < -0.3 is 9.84 Å². The van der Waals surface area contributed by atoms with E-state index < -0.39 is 0 Å². The number of carbonyl (C=O) groups excluding carboxylic acids is 1. The van der Waals surface area contributed by atoms with Crippen molar-refractivity contribution in [3.8, 4) is 0 Å². The number of nitrogens with zero attached hydrogens (tertiary/aromatic N) is 6. The molecule has 0 aromatic carbocycles. The summed E-state index contributed by atoms with van der Waals surface area (Å²) in [4.78, 5) is 22.1. The van der Waals surface area contributed by atoms with Crippen molar-refractivity contribution < 1.29 is 9.32 Å². The zero-order valence-electron chi connectivity index (χ0n) is 12.3. The van der Waals surface area contributed by atoms with Crippen molar-refractivity contribution in [2.45, 2.75) is 6.54 Å². The number of fused-ring (bicyclic) bond motifs is 1. The summed E-state index contributed by atoms with van der Waals surface area (Å²) in [5.74, 6) is 0.808. The van der Waals surface area contributed by atoms with Gasteiger partial charge in [-0.05, 0) is 12.1 Å². The highest BCUT2D eigenvalue weighted by Crippen LogP contribution is 2.21. The van der Waals surface area contributed by atoms with E-state index in [0.29, 0.717) is 29.4 Å². The molecule has 23 heavy (non-hydrogen) atoms. The van der Waals surface area contributed by atoms with Crippen molar-refractivity contribution in [3.63, 3.8) is 0 Å². The summed E-state index contributed by atoms with van der Waals surface area (Å²) in [5.41, 5.74) is 0.416. The molecule has 0 bridgehead atoms. The van der Waals surface area contributed by atoms with Gasteiger partial charge in [0.2, 0.25) is 5.91 Å². The van der Waals surface area contributed by atoms with Crippen molar-refractivity contribution in [2.24, 2.45) is 5.92 Å². The summed E-state index contributed by atoms with van der Waals surface area (Å²) in [6.07, 6.45) is 4.86. The summed E-state index contributed by atoms with van der Waals surface area (Å²) >= 11 is 0. The Morgan fingerprint density at radius 1 is 1.43 bits per heavy atom. The smallest absolute Gasteiger partial charge is 0.259 e. The van der Waals surface area contributed by atoms with Gasteiger partial charge in [-0.2, -0.15) is 5.10 Å². The molecule has 1 amide bonds. The average Bonchev–Trinajstić information content (AvgIpc) is 3.15. The number of pyridine rings is 1. The third kappa shape index (κ3) is 2.90. The number of hydrogen-bond donors (Lipinski definition) is 1. The first kappa shape index (κ1) is 13.8. The highest BCUT2D eigenvalue weighted by Gasteiger charge is 2.28. The second-order valence-electron chi connectivity index (χ2n) is 5.61. The normalized spacial score (nSPS) is 15.7. The first-order chi connectivity index (χ1) is 11.3. The van der Waals surface area contributed by atoms with Crippen LogP contribution >= 0.6 is 0 Å². The highest BCUT2D eigenvalue weighted by molar-refractivity contribution is 5.98. The molecule has 1 fully saturated rings. The molecule has 1 aliphatic heterocycles. The van der Waals surface area contributed by atoms with Gasteiger partial charge in [-0.1, -0.05) is 5.16 Å². The Morgan fingerprint density at radius 3 is 3.17 bits per heavy atom. The van der Waals surface area contributed by atoms with Gasteiger partial charge in [0.05, 0.1) is 11.9 Å². The van der Waals surface area contributed by atoms with E-state index in [1.165, 1.54) is 6.33 Å². The van der Waals surface area contributed by atoms with E-state index in [9.17, 15) is 4.79 Å². The molecule has 0 saturated carbocycles. The summed E-state index contributed by atoms with van der Waals surface area (Å²) in [5, 5.41) is 11.4. The molecule has 0 unspecified atom stereocenters. The number of nitrogens with one attached hydrogen (secondary N) is 1. The number of aromatic nitrogens is 5. The molecule has 0 radical (unpaired) electrons. The molecule has 0 spiro atoms. The number of anilines is 1. The van der Waals surface area contributed by atoms with Gasteiger partial charge in [0, 0.05) is 31.7 Å². The van der Waals surface area contributed by atoms with Crippen LogP contribution in [0.3, 0.4) is 0 Å². The fourth-order valence-electron chi connectivity index (χ4n) is 2.76. The lowest BCUT2D eigenvalue weighted by atomic mass is 10.0. The second-order valence-corrected chi connectivity index (χ2v) is 5.61. The quantitative estimate of drug-likeness (QED) is 0.726. The van der Waals surface area contributed by atoms with Crippen molar-refractivity contribution in [2.75, 3.05) is 25.0 Å². The van der Waals surface area contributed by atoms with Crippen LogP contribution in [0.25, 0.3) is 11.1 Å². The van der Waals surface area contributed by atoms with Crippen LogP contribution in [0.2, 0.25) is 0 Å². The van der Waals surface area contributed by atoms with E-state index in [1.807, 2.05) is 10.7 Å². The van der Waals surface area contributed by atoms with Gasteiger partial charge in [0.25, 0.3) is 5.71 Å². The summed E-state index contributed by atoms with van der Waals surface area (Å²) in [6.45, 7) is 2.91. The van der Waals surface area contributed by atoms with Crippen LogP contribution in [0.4, 0.5) is 5.82 Å². The van der Waals surface area contributed by atoms with Crippen LogP contribution in [0.5, 0.6) is 0 Å². The Kier molecular flexibility index (Phi) is 3.46. The Hall–Kier alpha value is -2.81. The zero-order valence-corrected chi connectivity index (χ0v) is 12.3. The third-order valence-electron chi connectivity index (χ3n) is 3.82. The van der Waals surface area contributed by atoms with E-state index in [-0.39, 0.29) is 5.91 Å². The van der Waals surface area contributed by atoms with Crippen LogP contribution in [-0.2, 0) is 11.3 Å². The summed E-state index contributed by atoms with van der Waals surface area (Å²) < 4.78 is 6.88. The van der Waals surface area contributed by atoms with Gasteiger partial charge in [-0.15, -0.1) is 0 Å². The molecule has 9 nitrogen and oxygen atoms in total. The van der Waals surface area contributed by atoms with Gasteiger partial charge in [-0.25, -0.2) is 9.97 Å². The molecule has 1 N–H and O–H groups in total. The predicted molar refractivity (Wildman–Crippen MR) is 80.4 cm³/mol. The van der Waals surface area contributed by atoms with Crippen LogP contribution < -0.4 is 5.32 Å². The van der Waals surface area contributed by atoms with Crippen molar-refractivity contribution >= 4 is 22.8 Å². The molecule has 0 aliphatic carbocycles. The van der Waals surface area contributed by atoms with Crippen LogP contribution in [0.15, 0.2) is 35.5 Å². The first-order valence-electron chi connectivity index (χ1n) is 7.33. The van der Waals surface area contributed by atoms with Crippen LogP contribution in [-0.4, -0.2) is 55.3 Å². The van der Waals surface area contributed by atoms with Gasteiger partial charge in [-0.3, -0.25) is 14.4 Å². The SMILES string of the molecule is O=C(CN1CC(Cn2cncn2)C1)Nc1noc2ncccc12. The van der Waals surface area contributed by atoms with Gasteiger partial charge in [0.15, 0.2) is 5.82 Å². The molecule has 3 aromatic heterocycles. The minimum atomic E-state index is -0.108. The lowest BCUT2D eigenvalue weighted by Crippen LogP contribution is -2.51. The highest BCUT2D eigenvalue weighted by atomic mass is 16.5. The van der Waals surface area contributed by atoms with Gasteiger partial charge >= 0.3 is 0 Å². The topological polar surface area (TPSA) is 102 Å². The van der Waals surface area contributed by atoms with Crippen LogP contribution in [0.1, 0.15) is 0 Å². The number of carbonyl (C=O) groups is 1. The van der Waals surface area contributed by atoms with Crippen molar-refractivity contribution in [1.29, 1.82) is 0 Å². The lowest BCUT2D eigenvalue weighted by molar-refractivity contribution is -0.119. The Bertz CT molecular complexity index is 808. The number of rotatable bonds is 5. The van der Waals surface area contributed by atoms with E-state index in [4.69, 9.17) is 4.52 Å². The van der Waals surface area contributed by atoms with E-state index in [0.717, 1.165) is 19.6 Å². The number of amides is 1. The zero-order chi connectivity index (χ0) is 15.6. The van der Waals surface area contributed by atoms with E-state index >= 15 is 0 Å². The Morgan fingerprint density at radius 2 is 2.35 bits per heavy atom. The molecule has 0 atom stereocenters. The van der Waals surface area contributed by atoms with E-state index in [1.54, 1.807) is 18.6 Å². The minimum Gasteiger partial charge on any atom is -0.334 e. The standard InChI is InChI=1S/C14H15N7O2/c22-12(18-13-11-2-1-3-16-14(11)23-19-13)7-20-4-10(5-20)6-21-9-15-8-17-21/h1-3,8-10H,4-7H2,(H,18,19,22). The molecule has 1 aliphatic rings. The largest absolute Gasteiger partial charge is 0.334 e. The van der Waals surface area contributed by atoms with Gasteiger partial charge in [0.1, 0.15) is 12.7 Å². The fourth-order valence-corrected chi connectivity index (χ4v) is 2.76. The average molecular weight is 313 g/mol. The first-order valence-corrected chi connectivity index (χ1v) is 7.33. The molecule has 118 valence electrons. The number of likely N-dealkylation sites (tertiary alicyclic amines) is 1. The summed E-state index contributed by atoms with van der Waals surface area (Å²) in [7, 11) is 0. The third-order valence-corrected chi connectivity index (χ3v) is 3.82. The number of hydrogen-bond acceptors (Lipinski definition) is 7. The minimum absolute atomic E-state index is 0.108. The Balaban J connectivity index is 1.28. The summed E-state index contributed by atoms with van der Waals surface area (Å²) in [6, 6.07) is 3.59. The molecular weight excluding hydrogens is 298 g/mol. The fraction of sp³-hybridized carbons (Fsp3) is 0.357. The predicted octanol–water partition coefficient (Wildman–Crippen LogP) is 0.385. The Labute approximate surface area is 131 Å². The molecular formula is C14H15N7O2. The van der Waals surface area contributed by atoms with Crippen molar-refractivity contribution in [1.82, 2.24) is 29.8 Å². The maximum Gasteiger partial charge on any atom is 0.259 e. The molecule has 9 heteroatoms. The monoisotopic (exact) mass is 313 g/mol. The van der Waals surface area contributed by atoms with E-state index in [2.05, 4.69) is 30.4 Å². The lowest BCUT2D eigenvalue weighted by Gasteiger charge is -2.38. The molecule has 4 heterocycles. The second kappa shape index (κ2) is 5.76.